The molecule has 0 heterocycles. The van der Waals surface area contributed by atoms with Crippen LogP contribution >= 0.6 is 0 Å². The molecular weight excluding hydrogens is 204 g/mol. The Morgan fingerprint density at radius 1 is 1.38 bits per heavy atom. The Kier molecular flexibility index (Phi) is 3.13. The van der Waals surface area contributed by atoms with Crippen LogP contribution in [0.3, 0.4) is 0 Å². The van der Waals surface area contributed by atoms with Gasteiger partial charge in [0.25, 0.3) is 0 Å². The Labute approximate surface area is 95.0 Å². The maximum absolute atomic E-state index is 10.5. The Hall–Kier alpha value is -1.51. The minimum absolute atomic E-state index is 0.320. The Bertz CT molecular complexity index is 369. The predicted octanol–water partition coefficient (Wildman–Crippen LogP) is 2.35. The number of aliphatic carboxylic acids is 1. The molecule has 86 valence electrons. The van der Waals surface area contributed by atoms with Gasteiger partial charge in [-0.3, -0.25) is 4.79 Å². The van der Waals surface area contributed by atoms with E-state index in [0.717, 1.165) is 18.6 Å². The summed E-state index contributed by atoms with van der Waals surface area (Å²) in [4.78, 5) is 10.5. The van der Waals surface area contributed by atoms with Gasteiger partial charge in [-0.1, -0.05) is 12.1 Å². The molecule has 1 fully saturated rings. The van der Waals surface area contributed by atoms with Gasteiger partial charge in [-0.25, -0.2) is 0 Å². The predicted molar refractivity (Wildman–Crippen MR) is 60.5 cm³/mol. The zero-order valence-electron chi connectivity index (χ0n) is 9.35. The van der Waals surface area contributed by atoms with Crippen LogP contribution in [0.25, 0.3) is 0 Å². The first kappa shape index (κ1) is 11.0. The van der Waals surface area contributed by atoms with Gasteiger partial charge in [0.1, 0.15) is 5.75 Å². The number of ether oxygens (including phenoxy) is 1. The molecule has 0 spiro atoms. The van der Waals surface area contributed by atoms with Crippen molar-refractivity contribution in [1.82, 2.24) is 0 Å². The van der Waals surface area contributed by atoms with Crippen LogP contribution in [-0.4, -0.2) is 18.2 Å². The summed E-state index contributed by atoms with van der Waals surface area (Å²) in [6.45, 7) is 0. The van der Waals surface area contributed by atoms with E-state index in [9.17, 15) is 4.79 Å². The maximum Gasteiger partial charge on any atom is 0.303 e. The van der Waals surface area contributed by atoms with Crippen molar-refractivity contribution >= 4 is 5.97 Å². The molecule has 1 N–H and O–H groups in total. The number of methoxy groups -OCH3 is 1. The molecule has 1 aromatic rings. The lowest BCUT2D eigenvalue weighted by molar-refractivity contribution is -0.137. The molecule has 0 amide bonds. The van der Waals surface area contributed by atoms with Crippen molar-refractivity contribution in [3.05, 3.63) is 29.8 Å². The van der Waals surface area contributed by atoms with Gasteiger partial charge in [0.15, 0.2) is 0 Å². The molecule has 16 heavy (non-hydrogen) atoms. The smallest absolute Gasteiger partial charge is 0.303 e. The molecule has 2 unspecified atom stereocenters. The molecule has 1 aromatic carbocycles. The average molecular weight is 220 g/mol. The topological polar surface area (TPSA) is 46.5 Å². The average Bonchev–Trinajstić information content (AvgIpc) is 2.96. The van der Waals surface area contributed by atoms with Crippen LogP contribution in [-0.2, 0) is 11.2 Å². The highest BCUT2D eigenvalue weighted by Crippen LogP contribution is 2.43. The van der Waals surface area contributed by atoms with Crippen LogP contribution in [0.15, 0.2) is 24.3 Å². The van der Waals surface area contributed by atoms with Gasteiger partial charge in [-0.05, 0) is 42.4 Å². The first-order valence-electron chi connectivity index (χ1n) is 5.53. The van der Waals surface area contributed by atoms with Gasteiger partial charge < -0.3 is 9.84 Å². The van der Waals surface area contributed by atoms with Crippen LogP contribution in [0.4, 0.5) is 0 Å². The molecule has 3 heteroatoms. The molecule has 0 radical (unpaired) electrons. The molecule has 1 saturated carbocycles. The molecule has 2 rings (SSSR count). The zero-order chi connectivity index (χ0) is 11.5. The van der Waals surface area contributed by atoms with E-state index in [-0.39, 0.29) is 0 Å². The lowest BCUT2D eigenvalue weighted by Gasteiger charge is -2.02. The van der Waals surface area contributed by atoms with Gasteiger partial charge in [0.2, 0.25) is 0 Å². The summed E-state index contributed by atoms with van der Waals surface area (Å²) in [5.74, 6) is 1.13. The summed E-state index contributed by atoms with van der Waals surface area (Å²) in [6, 6.07) is 8.00. The molecule has 2 atom stereocenters. The standard InChI is InChI=1S/C13H16O3/c1-16-12-4-2-9(3-5-12)6-10-7-11(10)8-13(14)15/h2-5,10-11H,6-8H2,1H3,(H,14,15). The van der Waals surface area contributed by atoms with Gasteiger partial charge >= 0.3 is 5.97 Å². The summed E-state index contributed by atoms with van der Waals surface area (Å²) in [5.41, 5.74) is 1.26. The number of hydrogen-bond donors (Lipinski definition) is 1. The number of hydrogen-bond acceptors (Lipinski definition) is 2. The second kappa shape index (κ2) is 4.56. The van der Waals surface area contributed by atoms with Crippen LogP contribution in [0.1, 0.15) is 18.4 Å². The third-order valence-electron chi connectivity index (χ3n) is 3.16. The highest BCUT2D eigenvalue weighted by molar-refractivity contribution is 5.67. The van der Waals surface area contributed by atoms with E-state index in [1.807, 2.05) is 12.1 Å². The molecule has 0 bridgehead atoms. The number of rotatable bonds is 5. The zero-order valence-corrected chi connectivity index (χ0v) is 9.35. The third-order valence-corrected chi connectivity index (χ3v) is 3.16. The molecule has 1 aliphatic carbocycles. The number of carboxylic acids is 1. The lowest BCUT2D eigenvalue weighted by Crippen LogP contribution is -1.98. The van der Waals surface area contributed by atoms with Crippen LogP contribution in [0.5, 0.6) is 5.75 Å². The summed E-state index contributed by atoms with van der Waals surface area (Å²) in [7, 11) is 1.65. The molecule has 0 saturated heterocycles. The summed E-state index contributed by atoms with van der Waals surface area (Å²) >= 11 is 0. The number of benzene rings is 1. The highest BCUT2D eigenvalue weighted by atomic mass is 16.5. The van der Waals surface area contributed by atoms with E-state index in [2.05, 4.69) is 12.1 Å². The van der Waals surface area contributed by atoms with E-state index in [1.54, 1.807) is 7.11 Å². The van der Waals surface area contributed by atoms with E-state index in [1.165, 1.54) is 5.56 Å². The minimum atomic E-state index is -0.678. The van der Waals surface area contributed by atoms with E-state index < -0.39 is 5.97 Å². The Morgan fingerprint density at radius 3 is 2.62 bits per heavy atom. The van der Waals surface area contributed by atoms with E-state index in [0.29, 0.717) is 18.3 Å². The maximum atomic E-state index is 10.5. The Balaban J connectivity index is 1.84. The van der Waals surface area contributed by atoms with Crippen molar-refractivity contribution < 1.29 is 14.6 Å². The van der Waals surface area contributed by atoms with Gasteiger partial charge in [-0.15, -0.1) is 0 Å². The van der Waals surface area contributed by atoms with Crippen molar-refractivity contribution in [3.8, 4) is 5.75 Å². The van der Waals surface area contributed by atoms with E-state index in [4.69, 9.17) is 9.84 Å². The normalized spacial score (nSPS) is 22.8. The van der Waals surface area contributed by atoms with Crippen LogP contribution < -0.4 is 4.74 Å². The minimum Gasteiger partial charge on any atom is -0.497 e. The van der Waals surface area contributed by atoms with Crippen LogP contribution in [0, 0.1) is 11.8 Å². The first-order chi connectivity index (χ1) is 7.69. The van der Waals surface area contributed by atoms with Crippen molar-refractivity contribution in [1.29, 1.82) is 0 Å². The quantitative estimate of drug-likeness (QED) is 0.828. The molecule has 1 aliphatic rings. The third kappa shape index (κ3) is 2.75. The molecule has 3 nitrogen and oxygen atoms in total. The molecule has 0 aromatic heterocycles. The number of carboxylic acid groups (broad SMARTS) is 1. The van der Waals surface area contributed by atoms with Crippen molar-refractivity contribution in [3.63, 3.8) is 0 Å². The monoisotopic (exact) mass is 220 g/mol. The Morgan fingerprint density at radius 2 is 2.06 bits per heavy atom. The first-order valence-corrected chi connectivity index (χ1v) is 5.53. The lowest BCUT2D eigenvalue weighted by atomic mass is 10.1. The summed E-state index contributed by atoms with van der Waals surface area (Å²) < 4.78 is 5.09. The summed E-state index contributed by atoms with van der Waals surface area (Å²) in [5, 5.41) is 8.66. The molecular formula is C13H16O3. The highest BCUT2D eigenvalue weighted by Gasteiger charge is 2.38. The second-order valence-corrected chi connectivity index (χ2v) is 4.41. The van der Waals surface area contributed by atoms with Crippen LogP contribution in [0.2, 0.25) is 0 Å². The fraction of sp³-hybridized carbons (Fsp3) is 0.462. The van der Waals surface area contributed by atoms with Crippen molar-refractivity contribution in [2.24, 2.45) is 11.8 Å². The van der Waals surface area contributed by atoms with Gasteiger partial charge in [0, 0.05) is 6.42 Å². The van der Waals surface area contributed by atoms with Crippen molar-refractivity contribution in [2.75, 3.05) is 7.11 Å². The summed E-state index contributed by atoms with van der Waals surface area (Å²) in [6.07, 6.45) is 2.36. The fourth-order valence-corrected chi connectivity index (χ4v) is 2.10. The van der Waals surface area contributed by atoms with E-state index >= 15 is 0 Å². The second-order valence-electron chi connectivity index (χ2n) is 4.41. The van der Waals surface area contributed by atoms with Gasteiger partial charge in [0.05, 0.1) is 7.11 Å². The fourth-order valence-electron chi connectivity index (χ4n) is 2.10. The van der Waals surface area contributed by atoms with Crippen molar-refractivity contribution in [2.45, 2.75) is 19.3 Å². The van der Waals surface area contributed by atoms with Gasteiger partial charge in [-0.2, -0.15) is 0 Å². The SMILES string of the molecule is COc1ccc(CC2CC2CC(=O)O)cc1. The molecule has 0 aliphatic heterocycles. The number of carbonyl (C=O) groups is 1. The largest absolute Gasteiger partial charge is 0.497 e.